The Hall–Kier alpha value is 1.48. The van der Waals surface area contributed by atoms with Crippen molar-refractivity contribution < 1.29 is 7.56 Å². The van der Waals surface area contributed by atoms with E-state index in [0.29, 0.717) is 0 Å². The molecule has 0 fully saturated rings. The number of hydrogen-bond acceptors (Lipinski definition) is 3. The van der Waals surface area contributed by atoms with E-state index in [2.05, 4.69) is 41.5 Å². The van der Waals surface area contributed by atoms with Crippen LogP contribution in [0.4, 0.5) is 0 Å². The first kappa shape index (κ1) is 58.5. The molecule has 0 rings (SSSR count). The van der Waals surface area contributed by atoms with Crippen molar-refractivity contribution in [3.05, 3.63) is 0 Å². The van der Waals surface area contributed by atoms with Crippen molar-refractivity contribution in [2.75, 3.05) is 13.2 Å². The van der Waals surface area contributed by atoms with Gasteiger partial charge in [0.05, 0.1) is 0 Å². The molecule has 0 aromatic carbocycles. The van der Waals surface area contributed by atoms with Crippen LogP contribution in [0, 0.1) is 0 Å². The van der Waals surface area contributed by atoms with Crippen LogP contribution >= 0.6 is 0 Å². The predicted molar refractivity (Wildman–Crippen MR) is 262 cm³/mol. The molecule has 0 aliphatic carbocycles. The summed E-state index contributed by atoms with van der Waals surface area (Å²) >= 11 is -6.94. The van der Waals surface area contributed by atoms with Crippen molar-refractivity contribution in [3.63, 3.8) is 0 Å². The van der Waals surface area contributed by atoms with Crippen LogP contribution in [0.15, 0.2) is 0 Å². The number of unbranched alkanes of at least 4 members (excludes halogenated alkanes) is 34. The molecular weight excluding hydrogens is 910 g/mol. The number of rotatable bonds is 50. The Kier molecular flexibility index (Phi) is 48.2. The molecular formula is C52H110O3Sn2. The fraction of sp³-hybridized carbons (Fsp3) is 1.00. The molecule has 0 spiro atoms. The average molecular weight is 1020 g/mol. The summed E-state index contributed by atoms with van der Waals surface area (Å²) in [6.07, 6.45) is 54.7. The zero-order chi connectivity index (χ0) is 41.6. The van der Waals surface area contributed by atoms with Crippen LogP contribution in [0.25, 0.3) is 0 Å². The van der Waals surface area contributed by atoms with Gasteiger partial charge in [-0.15, -0.1) is 0 Å². The molecule has 0 aromatic heterocycles. The van der Waals surface area contributed by atoms with E-state index in [0.717, 1.165) is 13.2 Å². The molecule has 0 saturated heterocycles. The van der Waals surface area contributed by atoms with Gasteiger partial charge in [-0.2, -0.15) is 0 Å². The van der Waals surface area contributed by atoms with Gasteiger partial charge in [-0.25, -0.2) is 0 Å². The third-order valence-corrected chi connectivity index (χ3v) is 46.0. The molecule has 0 aliphatic rings. The average Bonchev–Trinajstić information content (AvgIpc) is 3.22. The van der Waals surface area contributed by atoms with E-state index in [9.17, 15) is 0 Å². The zero-order valence-electron chi connectivity index (χ0n) is 40.8. The van der Waals surface area contributed by atoms with Crippen LogP contribution in [0.5, 0.6) is 0 Å². The monoisotopic (exact) mass is 1020 g/mol. The Morgan fingerprint density at radius 2 is 0.386 bits per heavy atom. The van der Waals surface area contributed by atoms with E-state index in [1.165, 1.54) is 275 Å². The Bertz CT molecular complexity index is 657. The minimum absolute atomic E-state index is 0.963. The van der Waals surface area contributed by atoms with Gasteiger partial charge in [0, 0.05) is 0 Å². The zero-order valence-corrected chi connectivity index (χ0v) is 46.5. The molecule has 0 radical (unpaired) electrons. The normalized spacial score (nSPS) is 12.3. The molecule has 0 aliphatic heterocycles. The fourth-order valence-electron chi connectivity index (χ4n) is 8.83. The van der Waals surface area contributed by atoms with Gasteiger partial charge in [-0.05, 0) is 0 Å². The molecule has 344 valence electrons. The molecule has 0 heterocycles. The van der Waals surface area contributed by atoms with Gasteiger partial charge in [-0.1, -0.05) is 0 Å². The standard InChI is InChI=1S/2C10H21O.4C8H17.O.2Sn/c2*1-2-3-4-5-6-7-8-9-10-11;4*1-3-5-7-8-6-4-2;;;/h2*2-10H2,1H3;4*1,3-8H2,2H3;;;/q2*-1;;;;;;2*+1. The maximum absolute atomic E-state index is 8.26. The molecule has 0 bridgehead atoms. The molecule has 0 saturated carbocycles. The molecule has 5 heteroatoms. The summed E-state index contributed by atoms with van der Waals surface area (Å²) in [5.74, 6) is 0. The third kappa shape index (κ3) is 38.9. The van der Waals surface area contributed by atoms with Crippen molar-refractivity contribution in [1.29, 1.82) is 0 Å². The Balaban J connectivity index is 6.35. The molecule has 0 amide bonds. The van der Waals surface area contributed by atoms with Gasteiger partial charge >= 0.3 is 375 Å². The first-order chi connectivity index (χ1) is 28.1. The summed E-state index contributed by atoms with van der Waals surface area (Å²) in [7, 11) is 0. The molecule has 3 nitrogen and oxygen atoms in total. The van der Waals surface area contributed by atoms with Crippen molar-refractivity contribution in [2.45, 2.75) is 316 Å². The van der Waals surface area contributed by atoms with Gasteiger partial charge in [0.2, 0.25) is 0 Å². The predicted octanol–water partition coefficient (Wildman–Crippen LogP) is 19.6. The fourth-order valence-corrected chi connectivity index (χ4v) is 50.3. The van der Waals surface area contributed by atoms with E-state index in [4.69, 9.17) is 7.56 Å². The van der Waals surface area contributed by atoms with E-state index in [1.54, 1.807) is 0 Å². The summed E-state index contributed by atoms with van der Waals surface area (Å²) in [5, 5.41) is 0. The Labute approximate surface area is 372 Å². The second-order valence-corrected chi connectivity index (χ2v) is 40.9. The van der Waals surface area contributed by atoms with Crippen molar-refractivity contribution in [3.8, 4) is 0 Å². The topological polar surface area (TPSA) is 27.7 Å². The van der Waals surface area contributed by atoms with Crippen molar-refractivity contribution in [2.24, 2.45) is 0 Å². The Morgan fingerprint density at radius 3 is 0.596 bits per heavy atom. The summed E-state index contributed by atoms with van der Waals surface area (Å²) in [6, 6.07) is 0. The van der Waals surface area contributed by atoms with Gasteiger partial charge in [0.15, 0.2) is 0 Å². The minimum atomic E-state index is -3.47. The SMILES string of the molecule is CCCCCCCCCC[O][Sn]([CH2]CCCCCCC)([CH2]CCCCCCC)[O][Sn]([CH2]CCCCCCC)([CH2]CCCCCCC)[O]CCCCCCCCCC. The summed E-state index contributed by atoms with van der Waals surface area (Å²) in [6.45, 7) is 16.0. The van der Waals surface area contributed by atoms with Gasteiger partial charge in [0.1, 0.15) is 0 Å². The summed E-state index contributed by atoms with van der Waals surface area (Å²) in [4.78, 5) is 0. The molecule has 0 unspecified atom stereocenters. The second-order valence-electron chi connectivity index (χ2n) is 18.6. The van der Waals surface area contributed by atoms with Crippen molar-refractivity contribution >= 4 is 38.4 Å². The van der Waals surface area contributed by atoms with Crippen LogP contribution in [0.3, 0.4) is 0 Å². The van der Waals surface area contributed by atoms with Crippen LogP contribution in [-0.2, 0) is 7.56 Å². The van der Waals surface area contributed by atoms with E-state index >= 15 is 0 Å². The van der Waals surface area contributed by atoms with E-state index in [1.807, 2.05) is 0 Å². The quantitative estimate of drug-likeness (QED) is 0.0449. The maximum atomic E-state index is 8.26. The molecule has 0 N–H and O–H groups in total. The van der Waals surface area contributed by atoms with Crippen LogP contribution in [0.1, 0.15) is 298 Å². The van der Waals surface area contributed by atoms with E-state index in [-0.39, 0.29) is 0 Å². The summed E-state index contributed by atoms with van der Waals surface area (Å²) < 4.78 is 28.5. The number of hydrogen-bond donors (Lipinski definition) is 0. The van der Waals surface area contributed by atoms with Gasteiger partial charge < -0.3 is 0 Å². The molecule has 0 aromatic rings. The summed E-state index contributed by atoms with van der Waals surface area (Å²) in [5.41, 5.74) is 0. The van der Waals surface area contributed by atoms with Crippen LogP contribution in [0.2, 0.25) is 17.7 Å². The van der Waals surface area contributed by atoms with Crippen molar-refractivity contribution in [1.82, 2.24) is 0 Å². The molecule has 57 heavy (non-hydrogen) atoms. The van der Waals surface area contributed by atoms with Crippen LogP contribution in [-0.4, -0.2) is 51.6 Å². The first-order valence-corrected chi connectivity index (χ1v) is 39.8. The Morgan fingerprint density at radius 1 is 0.211 bits per heavy atom. The molecule has 0 atom stereocenters. The van der Waals surface area contributed by atoms with Gasteiger partial charge in [0.25, 0.3) is 0 Å². The third-order valence-electron chi connectivity index (χ3n) is 12.7. The van der Waals surface area contributed by atoms with Gasteiger partial charge in [-0.3, -0.25) is 0 Å². The first-order valence-electron chi connectivity index (χ1n) is 27.1. The van der Waals surface area contributed by atoms with Crippen LogP contribution < -0.4 is 0 Å². The second kappa shape index (κ2) is 47.0. The van der Waals surface area contributed by atoms with E-state index < -0.39 is 38.4 Å².